The van der Waals surface area contributed by atoms with Crippen molar-refractivity contribution in [1.29, 1.82) is 0 Å². The van der Waals surface area contributed by atoms with E-state index in [1.807, 2.05) is 0 Å². The minimum Gasteiger partial charge on any atom is -0.480 e. The molecule has 2 aliphatic rings. The van der Waals surface area contributed by atoms with Crippen molar-refractivity contribution in [2.24, 2.45) is 0 Å². The van der Waals surface area contributed by atoms with E-state index in [0.29, 0.717) is 19.4 Å². The Balaban J connectivity index is 1.91. The molecule has 2 rings (SSSR count). The molecule has 2 fully saturated rings. The first-order chi connectivity index (χ1) is 8.97. The molecular formula is C11H17N3O5. The zero-order valence-electron chi connectivity index (χ0n) is 10.3. The number of piperidine rings is 1. The van der Waals surface area contributed by atoms with Gasteiger partial charge in [-0.1, -0.05) is 0 Å². The highest BCUT2D eigenvalue weighted by Gasteiger charge is 2.39. The second-order valence-corrected chi connectivity index (χ2v) is 4.89. The number of carboxylic acids is 1. The predicted octanol–water partition coefficient (Wildman–Crippen LogP) is -1.51. The standard InChI is InChI=1S/C11H17N3O5/c15-7-3-8(10(17)18)14(5-7)11(19)13-6-1-2-9(16)12-4-6/h6-8,15H,1-5H2,(H,12,16)(H,13,19)(H,17,18)/t6?,7-,8+/m1/s1. The van der Waals surface area contributed by atoms with E-state index in [-0.39, 0.29) is 24.9 Å². The molecular weight excluding hydrogens is 254 g/mol. The van der Waals surface area contributed by atoms with Crippen LogP contribution in [0.3, 0.4) is 0 Å². The Labute approximate surface area is 109 Å². The number of β-amino-alcohol motifs (C(OH)–C–C–N with tert-alkyl or cyclic N) is 1. The Morgan fingerprint density at radius 2 is 2.16 bits per heavy atom. The first kappa shape index (κ1) is 13.6. The van der Waals surface area contributed by atoms with Crippen LogP contribution in [0.1, 0.15) is 19.3 Å². The van der Waals surface area contributed by atoms with Gasteiger partial charge in [0, 0.05) is 32.0 Å². The molecule has 0 radical (unpaired) electrons. The number of hydrogen-bond acceptors (Lipinski definition) is 4. The van der Waals surface area contributed by atoms with Crippen molar-refractivity contribution in [1.82, 2.24) is 15.5 Å². The Morgan fingerprint density at radius 3 is 2.74 bits per heavy atom. The number of rotatable bonds is 2. The van der Waals surface area contributed by atoms with Gasteiger partial charge in [-0.3, -0.25) is 4.79 Å². The lowest BCUT2D eigenvalue weighted by atomic mass is 10.1. The summed E-state index contributed by atoms with van der Waals surface area (Å²) in [6, 6.07) is -1.70. The molecule has 1 unspecified atom stereocenters. The number of aliphatic hydroxyl groups is 1. The fraction of sp³-hybridized carbons (Fsp3) is 0.727. The van der Waals surface area contributed by atoms with Crippen LogP contribution in [0.2, 0.25) is 0 Å². The molecule has 2 aliphatic heterocycles. The first-order valence-electron chi connectivity index (χ1n) is 6.22. The molecule has 106 valence electrons. The number of carbonyl (C=O) groups excluding carboxylic acids is 2. The number of carbonyl (C=O) groups is 3. The van der Waals surface area contributed by atoms with E-state index in [9.17, 15) is 19.5 Å². The van der Waals surface area contributed by atoms with E-state index >= 15 is 0 Å². The van der Waals surface area contributed by atoms with Crippen LogP contribution >= 0.6 is 0 Å². The Bertz CT molecular complexity index is 390. The van der Waals surface area contributed by atoms with Gasteiger partial charge >= 0.3 is 12.0 Å². The van der Waals surface area contributed by atoms with Gasteiger partial charge in [0.1, 0.15) is 6.04 Å². The van der Waals surface area contributed by atoms with E-state index in [1.54, 1.807) is 0 Å². The maximum absolute atomic E-state index is 12.0. The van der Waals surface area contributed by atoms with Crippen LogP contribution in [0.4, 0.5) is 4.79 Å². The quantitative estimate of drug-likeness (QED) is 0.487. The summed E-state index contributed by atoms with van der Waals surface area (Å²) in [5, 5.41) is 23.8. The number of carboxylic acid groups (broad SMARTS) is 1. The van der Waals surface area contributed by atoms with Crippen LogP contribution in [-0.2, 0) is 9.59 Å². The van der Waals surface area contributed by atoms with Gasteiger partial charge in [0.05, 0.1) is 6.10 Å². The molecule has 2 saturated heterocycles. The molecule has 0 aromatic carbocycles. The number of urea groups is 1. The van der Waals surface area contributed by atoms with Gasteiger partial charge in [-0.25, -0.2) is 9.59 Å². The Kier molecular flexibility index (Phi) is 3.89. The predicted molar refractivity (Wildman–Crippen MR) is 63.3 cm³/mol. The average Bonchev–Trinajstić information content (AvgIpc) is 2.74. The molecule has 0 aromatic heterocycles. The van der Waals surface area contributed by atoms with Crippen LogP contribution in [0.5, 0.6) is 0 Å². The minimum absolute atomic E-state index is 0.0158. The van der Waals surface area contributed by atoms with E-state index < -0.39 is 24.1 Å². The second kappa shape index (κ2) is 5.43. The summed E-state index contributed by atoms with van der Waals surface area (Å²) in [4.78, 5) is 35.1. The lowest BCUT2D eigenvalue weighted by Gasteiger charge is -2.28. The average molecular weight is 271 g/mol. The maximum atomic E-state index is 12.0. The largest absolute Gasteiger partial charge is 0.480 e. The summed E-state index contributed by atoms with van der Waals surface area (Å²) >= 11 is 0. The van der Waals surface area contributed by atoms with Gasteiger partial charge in [-0.2, -0.15) is 0 Å². The van der Waals surface area contributed by atoms with Gasteiger partial charge in [0.25, 0.3) is 0 Å². The SMILES string of the molecule is O=C1CCC(NC(=O)N2C[C@H](O)C[C@H]2C(=O)O)CN1. The smallest absolute Gasteiger partial charge is 0.326 e. The summed E-state index contributed by atoms with van der Waals surface area (Å²) in [6.07, 6.45) is 0.115. The summed E-state index contributed by atoms with van der Waals surface area (Å²) in [6.45, 7) is 0.362. The van der Waals surface area contributed by atoms with Crippen LogP contribution in [0.15, 0.2) is 0 Å². The number of amides is 3. The number of hydrogen-bond donors (Lipinski definition) is 4. The minimum atomic E-state index is -1.12. The van der Waals surface area contributed by atoms with Crippen molar-refractivity contribution in [2.45, 2.75) is 37.5 Å². The number of aliphatic carboxylic acids is 1. The third kappa shape index (κ3) is 3.14. The van der Waals surface area contributed by atoms with Gasteiger partial charge in [0.2, 0.25) is 5.91 Å². The lowest BCUT2D eigenvalue weighted by molar-refractivity contribution is -0.141. The van der Waals surface area contributed by atoms with Crippen molar-refractivity contribution >= 4 is 17.9 Å². The molecule has 0 aromatic rings. The molecule has 0 spiro atoms. The molecule has 0 aliphatic carbocycles. The van der Waals surface area contributed by atoms with E-state index in [1.165, 1.54) is 0 Å². The van der Waals surface area contributed by atoms with Crippen molar-refractivity contribution in [2.75, 3.05) is 13.1 Å². The Morgan fingerprint density at radius 1 is 1.42 bits per heavy atom. The monoisotopic (exact) mass is 271 g/mol. The van der Waals surface area contributed by atoms with Crippen molar-refractivity contribution < 1.29 is 24.6 Å². The summed E-state index contributed by atoms with van der Waals surface area (Å²) < 4.78 is 0. The topological polar surface area (TPSA) is 119 Å². The van der Waals surface area contributed by atoms with E-state index in [4.69, 9.17) is 5.11 Å². The maximum Gasteiger partial charge on any atom is 0.326 e. The van der Waals surface area contributed by atoms with Gasteiger partial charge in [-0.15, -0.1) is 0 Å². The van der Waals surface area contributed by atoms with Gasteiger partial charge in [0.15, 0.2) is 0 Å². The third-order valence-corrected chi connectivity index (χ3v) is 3.42. The van der Waals surface area contributed by atoms with Crippen LogP contribution in [-0.4, -0.2) is 64.3 Å². The van der Waals surface area contributed by atoms with Crippen molar-refractivity contribution in [3.63, 3.8) is 0 Å². The summed E-state index contributed by atoms with van der Waals surface area (Å²) in [5.74, 6) is -1.17. The molecule has 0 bridgehead atoms. The molecule has 4 N–H and O–H groups in total. The molecule has 8 nitrogen and oxygen atoms in total. The number of aliphatic hydroxyl groups excluding tert-OH is 1. The highest BCUT2D eigenvalue weighted by molar-refractivity contribution is 5.84. The number of likely N-dealkylation sites (tertiary alicyclic amines) is 1. The lowest BCUT2D eigenvalue weighted by Crippen LogP contribution is -2.53. The van der Waals surface area contributed by atoms with Crippen molar-refractivity contribution in [3.05, 3.63) is 0 Å². The zero-order chi connectivity index (χ0) is 14.0. The van der Waals surface area contributed by atoms with Crippen molar-refractivity contribution in [3.8, 4) is 0 Å². The van der Waals surface area contributed by atoms with E-state index in [0.717, 1.165) is 4.90 Å². The van der Waals surface area contributed by atoms with Crippen LogP contribution < -0.4 is 10.6 Å². The molecule has 2 heterocycles. The molecule has 3 amide bonds. The highest BCUT2D eigenvalue weighted by atomic mass is 16.4. The first-order valence-corrected chi connectivity index (χ1v) is 6.22. The molecule has 0 saturated carbocycles. The Hall–Kier alpha value is -1.83. The number of nitrogens with one attached hydrogen (secondary N) is 2. The number of nitrogens with zero attached hydrogens (tertiary/aromatic N) is 1. The molecule has 19 heavy (non-hydrogen) atoms. The van der Waals surface area contributed by atoms with Crippen LogP contribution in [0.25, 0.3) is 0 Å². The zero-order valence-corrected chi connectivity index (χ0v) is 10.3. The third-order valence-electron chi connectivity index (χ3n) is 3.42. The van der Waals surface area contributed by atoms with Gasteiger partial charge in [-0.05, 0) is 6.42 Å². The fourth-order valence-electron chi connectivity index (χ4n) is 2.39. The molecule has 8 heteroatoms. The summed E-state index contributed by atoms with van der Waals surface area (Å²) in [5.41, 5.74) is 0. The fourth-order valence-corrected chi connectivity index (χ4v) is 2.39. The summed E-state index contributed by atoms with van der Waals surface area (Å²) in [7, 11) is 0. The second-order valence-electron chi connectivity index (χ2n) is 4.89. The van der Waals surface area contributed by atoms with Gasteiger partial charge < -0.3 is 25.7 Å². The van der Waals surface area contributed by atoms with Crippen LogP contribution in [0, 0.1) is 0 Å². The molecule has 3 atom stereocenters. The van der Waals surface area contributed by atoms with E-state index in [2.05, 4.69) is 10.6 Å². The highest BCUT2D eigenvalue weighted by Crippen LogP contribution is 2.18. The normalized spacial score (nSPS) is 30.9.